The van der Waals surface area contributed by atoms with Gasteiger partial charge in [-0.3, -0.25) is 9.78 Å². The normalized spacial score (nSPS) is 17.9. The number of nitrogens with one attached hydrogen (secondary N) is 1. The van der Waals surface area contributed by atoms with E-state index < -0.39 is 58.8 Å². The molecule has 1 fully saturated rings. The maximum atomic E-state index is 13.9. The molecule has 0 bridgehead atoms. The second kappa shape index (κ2) is 9.74. The molecular weight excluding hydrogens is 505 g/mol. The standard InChI is InChI=1S/C25H21ClF5N3O2/c26-19-18(25(29,30)31)6-12-33-20(19)22(35)34-21(23(36)7-9-24(27,28)10-8-23)16-4-1-3-15(13-16)17-5-2-11-32-14-17/h1-6,11-14,21,36H,7-10H2,(H,34,35). The van der Waals surface area contributed by atoms with Crippen molar-refractivity contribution in [2.24, 2.45) is 0 Å². The van der Waals surface area contributed by atoms with Gasteiger partial charge in [-0.1, -0.05) is 35.9 Å². The summed E-state index contributed by atoms with van der Waals surface area (Å²) >= 11 is 5.87. The zero-order valence-corrected chi connectivity index (χ0v) is 19.5. The van der Waals surface area contributed by atoms with Crippen LogP contribution in [0.15, 0.2) is 61.1 Å². The molecule has 0 aliphatic heterocycles. The molecule has 0 radical (unpaired) electrons. The van der Waals surface area contributed by atoms with Gasteiger partial charge >= 0.3 is 6.18 Å². The van der Waals surface area contributed by atoms with Gasteiger partial charge in [0.05, 0.1) is 22.2 Å². The highest BCUT2D eigenvalue weighted by Gasteiger charge is 2.48. The highest BCUT2D eigenvalue weighted by molar-refractivity contribution is 6.34. The molecule has 1 atom stereocenters. The van der Waals surface area contributed by atoms with Crippen LogP contribution in [0.3, 0.4) is 0 Å². The van der Waals surface area contributed by atoms with Crippen LogP contribution >= 0.6 is 11.6 Å². The third-order valence-corrected chi connectivity index (χ3v) is 6.67. The van der Waals surface area contributed by atoms with Crippen LogP contribution in [0.2, 0.25) is 5.02 Å². The van der Waals surface area contributed by atoms with Crippen molar-refractivity contribution in [3.05, 3.63) is 82.9 Å². The summed E-state index contributed by atoms with van der Waals surface area (Å²) < 4.78 is 67.7. The number of hydrogen-bond donors (Lipinski definition) is 2. The Kier molecular flexibility index (Phi) is 7.03. The number of alkyl halides is 5. The van der Waals surface area contributed by atoms with Crippen LogP contribution in [0.4, 0.5) is 22.0 Å². The lowest BCUT2D eigenvalue weighted by Crippen LogP contribution is -2.50. The number of hydrogen-bond acceptors (Lipinski definition) is 4. The smallest absolute Gasteiger partial charge is 0.387 e. The average Bonchev–Trinajstić information content (AvgIpc) is 2.84. The second-order valence-corrected chi connectivity index (χ2v) is 9.13. The molecule has 0 saturated heterocycles. The van der Waals surface area contributed by atoms with Gasteiger partial charge in [-0.05, 0) is 47.7 Å². The number of aromatic nitrogens is 2. The first kappa shape index (κ1) is 26.0. The Morgan fingerprint density at radius 1 is 1.03 bits per heavy atom. The summed E-state index contributed by atoms with van der Waals surface area (Å²) in [4.78, 5) is 20.9. The lowest BCUT2D eigenvalue weighted by Gasteiger charge is -2.42. The molecule has 5 nitrogen and oxygen atoms in total. The Balaban J connectivity index is 1.73. The van der Waals surface area contributed by atoms with Crippen molar-refractivity contribution in [3.8, 4) is 11.1 Å². The number of nitrogens with zero attached hydrogens (tertiary/aromatic N) is 2. The van der Waals surface area contributed by atoms with E-state index in [4.69, 9.17) is 11.6 Å². The monoisotopic (exact) mass is 525 g/mol. The van der Waals surface area contributed by atoms with Crippen molar-refractivity contribution in [1.29, 1.82) is 0 Å². The maximum absolute atomic E-state index is 13.9. The number of carbonyl (C=O) groups excluding carboxylic acids is 1. The van der Waals surface area contributed by atoms with Gasteiger partial charge in [0.2, 0.25) is 5.92 Å². The number of benzene rings is 1. The predicted molar refractivity (Wildman–Crippen MR) is 122 cm³/mol. The summed E-state index contributed by atoms with van der Waals surface area (Å²) in [6.07, 6.45) is -2.72. The summed E-state index contributed by atoms with van der Waals surface area (Å²) in [6, 6.07) is 9.61. The number of aliphatic hydroxyl groups is 1. The van der Waals surface area contributed by atoms with E-state index in [0.717, 1.165) is 11.8 Å². The molecule has 4 rings (SSSR count). The molecule has 1 aliphatic carbocycles. The average molecular weight is 526 g/mol. The van der Waals surface area contributed by atoms with Crippen LogP contribution in [0.25, 0.3) is 11.1 Å². The molecule has 190 valence electrons. The van der Waals surface area contributed by atoms with Crippen LogP contribution < -0.4 is 5.32 Å². The number of carbonyl (C=O) groups is 1. The van der Waals surface area contributed by atoms with E-state index in [1.165, 1.54) is 0 Å². The van der Waals surface area contributed by atoms with E-state index in [2.05, 4.69) is 15.3 Å². The minimum absolute atomic E-state index is 0.341. The molecular formula is C25H21ClF5N3O2. The minimum Gasteiger partial charge on any atom is -0.387 e. The van der Waals surface area contributed by atoms with E-state index >= 15 is 0 Å². The number of amides is 1. The molecule has 1 saturated carbocycles. The SMILES string of the molecule is O=C(NC(c1cccc(-c2cccnc2)c1)C1(O)CCC(F)(F)CC1)c1nccc(C(F)(F)F)c1Cl. The van der Waals surface area contributed by atoms with E-state index in [9.17, 15) is 31.9 Å². The Morgan fingerprint density at radius 3 is 2.36 bits per heavy atom. The third-order valence-electron chi connectivity index (χ3n) is 6.28. The van der Waals surface area contributed by atoms with Gasteiger partial charge in [0.1, 0.15) is 5.69 Å². The fourth-order valence-corrected chi connectivity index (χ4v) is 4.62. The highest BCUT2D eigenvalue weighted by Crippen LogP contribution is 2.45. The molecule has 3 aromatic rings. The van der Waals surface area contributed by atoms with Crippen LogP contribution in [-0.2, 0) is 6.18 Å². The first-order valence-corrected chi connectivity index (χ1v) is 11.4. The molecule has 2 heterocycles. The quantitative estimate of drug-likeness (QED) is 0.387. The number of halogens is 6. The fraction of sp³-hybridized carbons (Fsp3) is 0.320. The Hall–Kier alpha value is -3.11. The molecule has 1 aliphatic rings. The predicted octanol–water partition coefficient (Wildman–Crippen LogP) is 6.23. The fourth-order valence-electron chi connectivity index (χ4n) is 4.32. The molecule has 2 N–H and O–H groups in total. The van der Waals surface area contributed by atoms with Crippen molar-refractivity contribution >= 4 is 17.5 Å². The lowest BCUT2D eigenvalue weighted by molar-refractivity contribution is -0.137. The molecule has 1 amide bonds. The molecule has 1 unspecified atom stereocenters. The summed E-state index contributed by atoms with van der Waals surface area (Å²) in [7, 11) is 0. The summed E-state index contributed by atoms with van der Waals surface area (Å²) in [6.45, 7) is 0. The van der Waals surface area contributed by atoms with Gasteiger partial charge in [-0.2, -0.15) is 13.2 Å². The van der Waals surface area contributed by atoms with Crippen molar-refractivity contribution in [1.82, 2.24) is 15.3 Å². The Morgan fingerprint density at radius 2 is 1.72 bits per heavy atom. The minimum atomic E-state index is -4.82. The van der Waals surface area contributed by atoms with E-state index in [0.29, 0.717) is 17.2 Å². The topological polar surface area (TPSA) is 75.1 Å². The van der Waals surface area contributed by atoms with Crippen molar-refractivity contribution < 1.29 is 31.9 Å². The third kappa shape index (κ3) is 5.49. The van der Waals surface area contributed by atoms with E-state index in [1.54, 1.807) is 48.8 Å². The zero-order valence-electron chi connectivity index (χ0n) is 18.7. The van der Waals surface area contributed by atoms with E-state index in [-0.39, 0.29) is 12.8 Å². The van der Waals surface area contributed by atoms with Gasteiger partial charge in [-0.25, -0.2) is 13.8 Å². The lowest BCUT2D eigenvalue weighted by atomic mass is 9.75. The number of rotatable bonds is 5. The first-order chi connectivity index (χ1) is 16.9. The van der Waals surface area contributed by atoms with Crippen molar-refractivity contribution in [3.63, 3.8) is 0 Å². The Labute approximate surface area is 208 Å². The van der Waals surface area contributed by atoms with E-state index in [1.807, 2.05) is 0 Å². The molecule has 11 heteroatoms. The van der Waals surface area contributed by atoms with Gasteiger partial charge < -0.3 is 10.4 Å². The van der Waals surface area contributed by atoms with Gasteiger partial charge in [-0.15, -0.1) is 0 Å². The maximum Gasteiger partial charge on any atom is 0.417 e. The molecule has 36 heavy (non-hydrogen) atoms. The van der Waals surface area contributed by atoms with Crippen LogP contribution in [-0.4, -0.2) is 32.5 Å². The first-order valence-electron chi connectivity index (χ1n) is 11.0. The van der Waals surface area contributed by atoms with Crippen molar-refractivity contribution in [2.45, 2.75) is 49.4 Å². The summed E-state index contributed by atoms with van der Waals surface area (Å²) in [5, 5.41) is 13.1. The van der Waals surface area contributed by atoms with Crippen LogP contribution in [0.5, 0.6) is 0 Å². The molecule has 2 aromatic heterocycles. The van der Waals surface area contributed by atoms with Crippen LogP contribution in [0, 0.1) is 0 Å². The van der Waals surface area contributed by atoms with Crippen LogP contribution in [0.1, 0.15) is 53.3 Å². The largest absolute Gasteiger partial charge is 0.417 e. The highest BCUT2D eigenvalue weighted by atomic mass is 35.5. The zero-order chi connectivity index (χ0) is 26.1. The number of pyridine rings is 2. The van der Waals surface area contributed by atoms with Gasteiger partial charge in [0.25, 0.3) is 5.91 Å². The Bertz CT molecular complexity index is 1240. The van der Waals surface area contributed by atoms with Gasteiger partial charge in [0.15, 0.2) is 0 Å². The van der Waals surface area contributed by atoms with Gasteiger partial charge in [0, 0.05) is 31.4 Å². The molecule has 1 aromatic carbocycles. The summed E-state index contributed by atoms with van der Waals surface area (Å²) in [5.74, 6) is -4.04. The second-order valence-electron chi connectivity index (χ2n) is 8.75. The summed E-state index contributed by atoms with van der Waals surface area (Å²) in [5.41, 5.74) is -1.94. The molecule has 0 spiro atoms. The van der Waals surface area contributed by atoms with Crippen molar-refractivity contribution in [2.75, 3.05) is 0 Å².